The van der Waals surface area contributed by atoms with E-state index in [-0.39, 0.29) is 0 Å². The highest BCUT2D eigenvalue weighted by Gasteiger charge is 2.46. The van der Waals surface area contributed by atoms with Crippen LogP contribution >= 0.6 is 23.2 Å². The molecule has 2 saturated carbocycles. The van der Waals surface area contributed by atoms with Gasteiger partial charge in [-0.25, -0.2) is 0 Å². The number of fused-ring (bicyclic) bond motifs is 2. The van der Waals surface area contributed by atoms with Gasteiger partial charge in [0.05, 0.1) is 0 Å². The van der Waals surface area contributed by atoms with Crippen LogP contribution in [0.4, 0.5) is 0 Å². The van der Waals surface area contributed by atoms with E-state index in [1.165, 1.54) is 30.4 Å². The summed E-state index contributed by atoms with van der Waals surface area (Å²) in [6.45, 7) is 0. The van der Waals surface area contributed by atoms with Gasteiger partial charge >= 0.3 is 0 Å². The first-order valence-electron chi connectivity index (χ1n) is 9.16. The van der Waals surface area contributed by atoms with E-state index in [4.69, 9.17) is 23.2 Å². The highest BCUT2D eigenvalue weighted by Crippen LogP contribution is 2.58. The molecule has 25 heavy (non-hydrogen) atoms. The monoisotopic (exact) mass is 400 g/mol. The van der Waals surface area contributed by atoms with Gasteiger partial charge in [0.2, 0.25) is 0 Å². The maximum Gasteiger partial charge on any atom is 0.0467 e. The molecule has 0 nitrogen and oxygen atoms in total. The molecule has 2 fully saturated rings. The lowest BCUT2D eigenvalue weighted by Gasteiger charge is -2.31. The molecule has 128 valence electrons. The second kappa shape index (κ2) is 8.00. The molecule has 2 aromatic rings. The Morgan fingerprint density at radius 3 is 1.60 bits per heavy atom. The van der Waals surface area contributed by atoms with Gasteiger partial charge in [-0.1, -0.05) is 72.4 Å². The lowest BCUT2D eigenvalue weighted by molar-refractivity contribution is 0.472. The van der Waals surface area contributed by atoms with E-state index in [9.17, 15) is 0 Å². The van der Waals surface area contributed by atoms with Crippen molar-refractivity contribution >= 4 is 42.2 Å². The fourth-order valence-corrected chi connectivity index (χ4v) is 9.81. The SMILES string of the molecule is Clc1ccccc1C[Si]C1C2CCC(C2)C1[Si]Cc1ccccc1Cl. The Balaban J connectivity index is 1.41. The van der Waals surface area contributed by atoms with Crippen molar-refractivity contribution in [3.05, 3.63) is 69.7 Å². The van der Waals surface area contributed by atoms with Crippen LogP contribution in [0.25, 0.3) is 0 Å². The van der Waals surface area contributed by atoms with E-state index in [1.807, 2.05) is 24.3 Å². The summed E-state index contributed by atoms with van der Waals surface area (Å²) in [6.07, 6.45) is 4.39. The third kappa shape index (κ3) is 3.92. The molecule has 4 radical (unpaired) electrons. The topological polar surface area (TPSA) is 0 Å². The van der Waals surface area contributed by atoms with Gasteiger partial charge in [0.25, 0.3) is 0 Å². The quantitative estimate of drug-likeness (QED) is 0.513. The lowest BCUT2D eigenvalue weighted by atomic mass is 9.99. The van der Waals surface area contributed by atoms with E-state index in [1.54, 1.807) is 0 Å². The van der Waals surface area contributed by atoms with Gasteiger partial charge in [-0.05, 0) is 64.7 Å². The molecule has 4 heteroatoms. The Morgan fingerprint density at radius 2 is 1.16 bits per heavy atom. The van der Waals surface area contributed by atoms with Crippen molar-refractivity contribution in [1.29, 1.82) is 0 Å². The van der Waals surface area contributed by atoms with E-state index in [0.717, 1.165) is 64.1 Å². The van der Waals surface area contributed by atoms with Crippen LogP contribution in [0.5, 0.6) is 0 Å². The minimum Gasteiger partial charge on any atom is -0.0841 e. The van der Waals surface area contributed by atoms with Crippen LogP contribution in [0.3, 0.4) is 0 Å². The molecule has 4 atom stereocenters. The van der Waals surface area contributed by atoms with Crippen molar-refractivity contribution in [2.24, 2.45) is 11.8 Å². The van der Waals surface area contributed by atoms with Gasteiger partial charge in [-0.3, -0.25) is 0 Å². The summed E-state index contributed by atoms with van der Waals surface area (Å²) in [4.78, 5) is 0. The second-order valence-electron chi connectivity index (χ2n) is 7.33. The third-order valence-corrected chi connectivity index (χ3v) is 10.7. The van der Waals surface area contributed by atoms with Crippen LogP contribution < -0.4 is 0 Å². The summed E-state index contributed by atoms with van der Waals surface area (Å²) in [7, 11) is 2.02. The van der Waals surface area contributed by atoms with Crippen LogP contribution in [0, 0.1) is 11.8 Å². The van der Waals surface area contributed by atoms with E-state index >= 15 is 0 Å². The van der Waals surface area contributed by atoms with Gasteiger partial charge < -0.3 is 0 Å². The number of hydrogen-bond acceptors (Lipinski definition) is 0. The Bertz CT molecular complexity index is 672. The Kier molecular flexibility index (Phi) is 5.71. The number of hydrogen-bond donors (Lipinski definition) is 0. The minimum absolute atomic E-state index is 0.913. The predicted molar refractivity (Wildman–Crippen MR) is 110 cm³/mol. The molecule has 0 heterocycles. The van der Waals surface area contributed by atoms with Crippen LogP contribution in [0.15, 0.2) is 48.5 Å². The van der Waals surface area contributed by atoms with E-state index in [0.29, 0.717) is 0 Å². The average Bonchev–Trinajstić information content (AvgIpc) is 3.22. The van der Waals surface area contributed by atoms with Crippen LogP contribution in [-0.2, 0) is 12.1 Å². The molecule has 2 aliphatic rings. The summed E-state index contributed by atoms with van der Waals surface area (Å²) in [6, 6.07) is 19.0. The Hall–Kier alpha value is -0.546. The van der Waals surface area contributed by atoms with Crippen molar-refractivity contribution in [2.45, 2.75) is 42.4 Å². The average molecular weight is 401 g/mol. The zero-order valence-corrected chi connectivity index (χ0v) is 17.7. The normalized spacial score (nSPS) is 27.8. The fraction of sp³-hybridized carbons (Fsp3) is 0.429. The third-order valence-electron chi connectivity index (χ3n) is 5.89. The highest BCUT2D eigenvalue weighted by atomic mass is 35.5. The maximum atomic E-state index is 6.38. The molecule has 0 amide bonds. The number of benzene rings is 2. The zero-order chi connectivity index (χ0) is 17.2. The van der Waals surface area contributed by atoms with Crippen molar-refractivity contribution in [2.75, 3.05) is 0 Å². The van der Waals surface area contributed by atoms with Crippen molar-refractivity contribution in [1.82, 2.24) is 0 Å². The first kappa shape index (κ1) is 17.8. The van der Waals surface area contributed by atoms with Gasteiger partial charge in [0, 0.05) is 29.1 Å². The Labute approximate surface area is 166 Å². The summed E-state index contributed by atoms with van der Waals surface area (Å²) in [5, 5.41) is 1.88. The molecular formula is C21H22Cl2Si2. The molecule has 2 bridgehead atoms. The smallest absolute Gasteiger partial charge is 0.0467 e. The molecular weight excluding hydrogens is 379 g/mol. The minimum atomic E-state index is 0.913. The molecule has 4 unspecified atom stereocenters. The molecule has 0 saturated heterocycles. The van der Waals surface area contributed by atoms with Crippen molar-refractivity contribution in [3.8, 4) is 0 Å². The van der Waals surface area contributed by atoms with Crippen LogP contribution in [0.2, 0.25) is 21.1 Å². The zero-order valence-electron chi connectivity index (χ0n) is 14.2. The highest BCUT2D eigenvalue weighted by molar-refractivity contribution is 6.46. The van der Waals surface area contributed by atoms with Crippen LogP contribution in [-0.4, -0.2) is 19.0 Å². The van der Waals surface area contributed by atoms with Gasteiger partial charge in [0.15, 0.2) is 0 Å². The molecule has 4 rings (SSSR count). The molecule has 2 aromatic carbocycles. The molecule has 0 N–H and O–H groups in total. The summed E-state index contributed by atoms with van der Waals surface area (Å²) in [5.74, 6) is 1.93. The molecule has 0 aliphatic heterocycles. The summed E-state index contributed by atoms with van der Waals surface area (Å²) in [5.41, 5.74) is 4.49. The molecule has 2 aliphatic carbocycles. The number of halogens is 2. The largest absolute Gasteiger partial charge is 0.0841 e. The van der Waals surface area contributed by atoms with E-state index < -0.39 is 0 Å². The molecule has 0 aromatic heterocycles. The fourth-order valence-electron chi connectivity index (χ4n) is 4.62. The van der Waals surface area contributed by atoms with Gasteiger partial charge in [-0.2, -0.15) is 0 Å². The van der Waals surface area contributed by atoms with Crippen molar-refractivity contribution < 1.29 is 0 Å². The number of rotatable bonds is 6. The van der Waals surface area contributed by atoms with E-state index in [2.05, 4.69) is 24.3 Å². The first-order valence-corrected chi connectivity index (χ1v) is 12.5. The summed E-state index contributed by atoms with van der Waals surface area (Å²) >= 11 is 12.8. The second-order valence-corrected chi connectivity index (χ2v) is 11.0. The lowest BCUT2D eigenvalue weighted by Crippen LogP contribution is -2.24. The van der Waals surface area contributed by atoms with Crippen LogP contribution in [0.1, 0.15) is 30.4 Å². The van der Waals surface area contributed by atoms with Gasteiger partial charge in [0.1, 0.15) is 0 Å². The first-order chi connectivity index (χ1) is 12.2. The summed E-state index contributed by atoms with van der Waals surface area (Å²) < 4.78 is 0. The predicted octanol–water partition coefficient (Wildman–Crippen LogP) is 6.11. The molecule has 0 spiro atoms. The Morgan fingerprint density at radius 1 is 0.720 bits per heavy atom. The standard InChI is InChI=1S/C21H22Cl2Si2/c22-18-7-3-1-5-16(18)12-24-20-14-9-10-15(11-14)21(20)25-13-17-6-2-4-8-19(17)23/h1-8,14-15,20-21H,9-13H2. The van der Waals surface area contributed by atoms with Crippen molar-refractivity contribution in [3.63, 3.8) is 0 Å². The maximum absolute atomic E-state index is 6.38. The van der Waals surface area contributed by atoms with Gasteiger partial charge in [-0.15, -0.1) is 0 Å².